The first-order chi connectivity index (χ1) is 18.9. The SMILES string of the molecule is CC(CCC(O)COc1ccc(Cl)cc1C(=O)NCc1cccc2ccccc12)C12CC3CC(CC(C3)C1)C2. The fourth-order valence-electron chi connectivity index (χ4n) is 8.32. The van der Waals surface area contributed by atoms with Crippen LogP contribution in [-0.4, -0.2) is 23.7 Å². The number of nitrogens with one attached hydrogen (secondary N) is 1. The van der Waals surface area contributed by atoms with Gasteiger partial charge in [-0.3, -0.25) is 4.79 Å². The summed E-state index contributed by atoms with van der Waals surface area (Å²) in [7, 11) is 0. The van der Waals surface area contributed by atoms with Crippen LogP contribution >= 0.6 is 11.6 Å². The highest BCUT2D eigenvalue weighted by molar-refractivity contribution is 6.31. The van der Waals surface area contributed by atoms with Crippen molar-refractivity contribution in [2.45, 2.75) is 70.9 Å². The van der Waals surface area contributed by atoms with Crippen LogP contribution < -0.4 is 10.1 Å². The summed E-state index contributed by atoms with van der Waals surface area (Å²) >= 11 is 6.25. The van der Waals surface area contributed by atoms with Crippen molar-refractivity contribution in [3.05, 3.63) is 76.8 Å². The summed E-state index contributed by atoms with van der Waals surface area (Å²) < 4.78 is 6.01. The molecule has 206 valence electrons. The van der Waals surface area contributed by atoms with E-state index in [0.29, 0.717) is 34.2 Å². The van der Waals surface area contributed by atoms with Gasteiger partial charge in [0.25, 0.3) is 5.91 Å². The number of hydrogen-bond acceptors (Lipinski definition) is 3. The minimum absolute atomic E-state index is 0.166. The van der Waals surface area contributed by atoms with Gasteiger partial charge in [0.05, 0.1) is 11.7 Å². The number of fused-ring (bicyclic) bond motifs is 1. The van der Waals surface area contributed by atoms with Gasteiger partial charge in [0, 0.05) is 11.6 Å². The number of hydrogen-bond donors (Lipinski definition) is 2. The third-order valence-corrected chi connectivity index (χ3v) is 10.2. The molecule has 4 fully saturated rings. The van der Waals surface area contributed by atoms with Crippen LogP contribution in [0.15, 0.2) is 60.7 Å². The molecule has 0 spiro atoms. The third kappa shape index (κ3) is 5.69. The monoisotopic (exact) mass is 545 g/mol. The molecule has 3 aromatic carbocycles. The third-order valence-electron chi connectivity index (χ3n) is 10.0. The Bertz CT molecular complexity index is 1300. The standard InChI is InChI=1S/C34H40ClNO3/c1-22(34-17-23-13-24(18-34)15-25(14-23)19-34)9-11-29(37)21-39-32-12-10-28(35)16-31(32)33(38)36-20-27-7-4-6-26-5-2-3-8-30(26)27/h2-8,10,12,16,22-25,29,37H,9,11,13-15,17-21H2,1H3,(H,36,38). The zero-order chi connectivity index (χ0) is 27.0. The molecule has 4 nitrogen and oxygen atoms in total. The van der Waals surface area contributed by atoms with Gasteiger partial charge >= 0.3 is 0 Å². The van der Waals surface area contributed by atoms with E-state index in [1.165, 1.54) is 38.5 Å². The first-order valence-corrected chi connectivity index (χ1v) is 15.1. The molecule has 2 atom stereocenters. The number of aliphatic hydroxyl groups is 1. The van der Waals surface area contributed by atoms with Gasteiger partial charge in [-0.1, -0.05) is 61.0 Å². The van der Waals surface area contributed by atoms with Crippen molar-refractivity contribution in [1.82, 2.24) is 5.32 Å². The van der Waals surface area contributed by atoms with Gasteiger partial charge in [-0.15, -0.1) is 0 Å². The highest BCUT2D eigenvalue weighted by Crippen LogP contribution is 2.63. The van der Waals surface area contributed by atoms with Gasteiger partial charge in [0.2, 0.25) is 0 Å². The summed E-state index contributed by atoms with van der Waals surface area (Å²) in [5, 5.41) is 16.6. The zero-order valence-corrected chi connectivity index (χ0v) is 23.6. The predicted octanol–water partition coefficient (Wildman–Crippen LogP) is 7.80. The van der Waals surface area contributed by atoms with Gasteiger partial charge < -0.3 is 15.2 Å². The van der Waals surface area contributed by atoms with Crippen LogP contribution in [-0.2, 0) is 6.54 Å². The topological polar surface area (TPSA) is 58.6 Å². The lowest BCUT2D eigenvalue weighted by molar-refractivity contribution is -0.0869. The number of aliphatic hydroxyl groups excluding tert-OH is 1. The molecule has 5 heteroatoms. The van der Waals surface area contributed by atoms with E-state index in [-0.39, 0.29) is 12.5 Å². The van der Waals surface area contributed by atoms with E-state index in [0.717, 1.165) is 46.9 Å². The van der Waals surface area contributed by atoms with Crippen molar-refractivity contribution in [1.29, 1.82) is 0 Å². The van der Waals surface area contributed by atoms with Crippen LogP contribution in [0.25, 0.3) is 10.8 Å². The highest BCUT2D eigenvalue weighted by Gasteiger charge is 2.52. The Labute approximate surface area is 237 Å². The van der Waals surface area contributed by atoms with E-state index in [9.17, 15) is 9.90 Å². The number of rotatable bonds is 10. The summed E-state index contributed by atoms with van der Waals surface area (Å²) in [5.74, 6) is 3.67. The molecule has 0 heterocycles. The van der Waals surface area contributed by atoms with Crippen molar-refractivity contribution in [3.63, 3.8) is 0 Å². The predicted molar refractivity (Wildman–Crippen MR) is 157 cm³/mol. The Kier molecular flexibility index (Phi) is 7.61. The van der Waals surface area contributed by atoms with Crippen LogP contribution in [0.5, 0.6) is 5.75 Å². The van der Waals surface area contributed by atoms with E-state index in [1.54, 1.807) is 18.2 Å². The maximum absolute atomic E-state index is 13.2. The molecule has 4 bridgehead atoms. The molecule has 4 saturated carbocycles. The quantitative estimate of drug-likeness (QED) is 0.273. The van der Waals surface area contributed by atoms with Crippen molar-refractivity contribution in [3.8, 4) is 5.75 Å². The average molecular weight is 546 g/mol. The maximum Gasteiger partial charge on any atom is 0.255 e. The van der Waals surface area contributed by atoms with Crippen LogP contribution in [0.1, 0.15) is 74.2 Å². The minimum Gasteiger partial charge on any atom is -0.490 e. The fourth-order valence-corrected chi connectivity index (χ4v) is 8.49. The van der Waals surface area contributed by atoms with E-state index in [4.69, 9.17) is 16.3 Å². The van der Waals surface area contributed by atoms with Gasteiger partial charge in [-0.05, 0) is 115 Å². The second-order valence-electron chi connectivity index (χ2n) is 12.7. The van der Waals surface area contributed by atoms with Gasteiger partial charge in [-0.2, -0.15) is 0 Å². The van der Waals surface area contributed by atoms with E-state index in [1.807, 2.05) is 24.3 Å². The van der Waals surface area contributed by atoms with Gasteiger partial charge in [0.1, 0.15) is 12.4 Å². The van der Waals surface area contributed by atoms with Crippen LogP contribution in [0, 0.1) is 29.1 Å². The number of carbonyl (C=O) groups excluding carboxylic acids is 1. The van der Waals surface area contributed by atoms with Crippen LogP contribution in [0.2, 0.25) is 5.02 Å². The lowest BCUT2D eigenvalue weighted by Crippen LogP contribution is -2.49. The van der Waals surface area contributed by atoms with E-state index in [2.05, 4.69) is 30.4 Å². The summed E-state index contributed by atoms with van der Waals surface area (Å²) in [6.07, 6.45) is 9.75. The molecular formula is C34H40ClNO3. The summed E-state index contributed by atoms with van der Waals surface area (Å²) in [4.78, 5) is 13.2. The number of benzene rings is 3. The smallest absolute Gasteiger partial charge is 0.255 e. The van der Waals surface area contributed by atoms with E-state index < -0.39 is 6.10 Å². The molecule has 7 rings (SSSR count). The molecule has 3 aromatic rings. The summed E-state index contributed by atoms with van der Waals surface area (Å²) in [5.41, 5.74) is 1.94. The molecule has 0 radical (unpaired) electrons. The summed E-state index contributed by atoms with van der Waals surface area (Å²) in [6, 6.07) is 19.3. The minimum atomic E-state index is -0.566. The molecule has 39 heavy (non-hydrogen) atoms. The van der Waals surface area contributed by atoms with Crippen LogP contribution in [0.4, 0.5) is 0 Å². The Morgan fingerprint density at radius 3 is 2.44 bits per heavy atom. The normalized spacial score (nSPS) is 26.9. The molecule has 0 saturated heterocycles. The number of amides is 1. The Morgan fingerprint density at radius 2 is 1.69 bits per heavy atom. The van der Waals surface area contributed by atoms with Crippen LogP contribution in [0.3, 0.4) is 0 Å². The largest absolute Gasteiger partial charge is 0.490 e. The Hall–Kier alpha value is -2.56. The first-order valence-electron chi connectivity index (χ1n) is 14.7. The van der Waals surface area contributed by atoms with Crippen molar-refractivity contribution >= 4 is 28.3 Å². The lowest BCUT2D eigenvalue weighted by atomic mass is 9.46. The molecule has 0 aromatic heterocycles. The second-order valence-corrected chi connectivity index (χ2v) is 13.1. The molecule has 0 aliphatic heterocycles. The molecular weight excluding hydrogens is 506 g/mol. The van der Waals surface area contributed by atoms with E-state index >= 15 is 0 Å². The van der Waals surface area contributed by atoms with Crippen molar-refractivity contribution in [2.75, 3.05) is 6.61 Å². The van der Waals surface area contributed by atoms with Crippen molar-refractivity contribution in [2.24, 2.45) is 29.1 Å². The zero-order valence-electron chi connectivity index (χ0n) is 22.9. The number of ether oxygens (including phenoxy) is 1. The lowest BCUT2D eigenvalue weighted by Gasteiger charge is -2.59. The molecule has 4 aliphatic rings. The first kappa shape index (κ1) is 26.7. The number of carbonyl (C=O) groups is 1. The molecule has 2 unspecified atom stereocenters. The molecule has 2 N–H and O–H groups in total. The Morgan fingerprint density at radius 1 is 1.00 bits per heavy atom. The second kappa shape index (κ2) is 11.1. The molecule has 1 amide bonds. The average Bonchev–Trinajstić information content (AvgIpc) is 2.93. The summed E-state index contributed by atoms with van der Waals surface area (Å²) in [6.45, 7) is 2.98. The Balaban J connectivity index is 1.04. The highest BCUT2D eigenvalue weighted by atomic mass is 35.5. The maximum atomic E-state index is 13.2. The fraction of sp³-hybridized carbons (Fsp3) is 0.500. The van der Waals surface area contributed by atoms with Crippen molar-refractivity contribution < 1.29 is 14.6 Å². The van der Waals surface area contributed by atoms with Gasteiger partial charge in [-0.25, -0.2) is 0 Å². The molecule has 4 aliphatic carbocycles. The number of halogens is 1. The van der Waals surface area contributed by atoms with Gasteiger partial charge in [0.15, 0.2) is 0 Å².